The molecule has 3 rings (SSSR count). The van der Waals surface area contributed by atoms with E-state index in [1.165, 1.54) is 0 Å². The molecule has 28 heavy (non-hydrogen) atoms. The second-order valence-electron chi connectivity index (χ2n) is 7.73. The highest BCUT2D eigenvalue weighted by Crippen LogP contribution is 2.28. The molecule has 0 radical (unpaired) electrons. The zero-order chi connectivity index (χ0) is 19.9. The summed E-state index contributed by atoms with van der Waals surface area (Å²) in [6.07, 6.45) is 7.50. The van der Waals surface area contributed by atoms with Crippen LogP contribution in [0.2, 0.25) is 0 Å². The predicted molar refractivity (Wildman–Crippen MR) is 104 cm³/mol. The van der Waals surface area contributed by atoms with Crippen LogP contribution < -0.4 is 15.4 Å². The molecule has 1 aromatic rings. The average Bonchev–Trinajstić information content (AvgIpc) is 3.23. The Balaban J connectivity index is 1.41. The lowest BCUT2D eigenvalue weighted by molar-refractivity contribution is -0.139. The Morgan fingerprint density at radius 1 is 0.893 bits per heavy atom. The third kappa shape index (κ3) is 5.71. The number of benzene rings is 1. The van der Waals surface area contributed by atoms with Gasteiger partial charge in [0.2, 0.25) is 11.8 Å². The summed E-state index contributed by atoms with van der Waals surface area (Å²) >= 11 is 0. The van der Waals surface area contributed by atoms with Gasteiger partial charge < -0.3 is 20.5 Å². The molecule has 7 heteroatoms. The molecule has 2 fully saturated rings. The quantitative estimate of drug-likeness (QED) is 0.666. The third-order valence-electron chi connectivity index (χ3n) is 5.65. The second kappa shape index (κ2) is 9.57. The van der Waals surface area contributed by atoms with Crippen LogP contribution in [0, 0.1) is 11.8 Å². The van der Waals surface area contributed by atoms with Gasteiger partial charge in [0.05, 0.1) is 0 Å². The zero-order valence-electron chi connectivity index (χ0n) is 16.0. The van der Waals surface area contributed by atoms with Gasteiger partial charge in [0.1, 0.15) is 5.75 Å². The minimum absolute atomic E-state index is 0.0141. The first kappa shape index (κ1) is 20.2. The van der Waals surface area contributed by atoms with Gasteiger partial charge in [0.15, 0.2) is 6.61 Å². The summed E-state index contributed by atoms with van der Waals surface area (Å²) in [6, 6.07) is 6.84. The van der Waals surface area contributed by atoms with Crippen LogP contribution >= 0.6 is 0 Å². The van der Waals surface area contributed by atoms with Gasteiger partial charge in [-0.1, -0.05) is 12.8 Å². The molecule has 0 saturated heterocycles. The van der Waals surface area contributed by atoms with Gasteiger partial charge in [0, 0.05) is 23.6 Å². The van der Waals surface area contributed by atoms with Crippen LogP contribution in [0.25, 0.3) is 0 Å². The molecule has 2 amide bonds. The first-order valence-electron chi connectivity index (χ1n) is 10.1. The Bertz CT molecular complexity index is 689. The average molecular weight is 388 g/mol. The van der Waals surface area contributed by atoms with Gasteiger partial charge in [-0.25, -0.2) is 4.79 Å². The number of ether oxygens (including phenoxy) is 1. The summed E-state index contributed by atoms with van der Waals surface area (Å²) in [5.74, 6) is -0.284. The number of carbonyl (C=O) groups excluding carboxylic acids is 2. The lowest BCUT2D eigenvalue weighted by Gasteiger charge is -2.29. The maximum Gasteiger partial charge on any atom is 0.341 e. The SMILES string of the molecule is O=C(O)COc1ccc(NC(=O)C2CCC(NC(=O)C3CCCC3)CC2)cc1. The lowest BCUT2D eigenvalue weighted by Crippen LogP contribution is -2.41. The van der Waals surface area contributed by atoms with Crippen molar-refractivity contribution in [1.29, 1.82) is 0 Å². The van der Waals surface area contributed by atoms with E-state index in [4.69, 9.17) is 9.84 Å². The standard InChI is InChI=1S/C21H28N2O5/c24-19(25)13-28-18-11-9-17(10-12-18)23-21(27)15-5-7-16(8-6-15)22-20(26)14-3-1-2-4-14/h9-12,14-16H,1-8,13H2,(H,22,26)(H,23,27)(H,24,25). The fraction of sp³-hybridized carbons (Fsp3) is 0.571. The Labute approximate surface area is 164 Å². The summed E-state index contributed by atoms with van der Waals surface area (Å²) in [4.78, 5) is 35.3. The van der Waals surface area contributed by atoms with Crippen molar-refractivity contribution in [1.82, 2.24) is 5.32 Å². The number of carbonyl (C=O) groups is 3. The second-order valence-corrected chi connectivity index (χ2v) is 7.73. The Morgan fingerprint density at radius 3 is 2.11 bits per heavy atom. The molecule has 0 aliphatic heterocycles. The van der Waals surface area contributed by atoms with E-state index in [-0.39, 0.29) is 29.7 Å². The monoisotopic (exact) mass is 388 g/mol. The number of anilines is 1. The van der Waals surface area contributed by atoms with Crippen molar-refractivity contribution in [3.8, 4) is 5.75 Å². The number of carboxylic acid groups (broad SMARTS) is 1. The number of carboxylic acids is 1. The lowest BCUT2D eigenvalue weighted by atomic mass is 9.85. The van der Waals surface area contributed by atoms with E-state index >= 15 is 0 Å². The van der Waals surface area contributed by atoms with Gasteiger partial charge in [-0.15, -0.1) is 0 Å². The van der Waals surface area contributed by atoms with E-state index in [1.54, 1.807) is 24.3 Å². The minimum Gasteiger partial charge on any atom is -0.482 e. The van der Waals surface area contributed by atoms with Crippen molar-refractivity contribution >= 4 is 23.5 Å². The van der Waals surface area contributed by atoms with Gasteiger partial charge in [-0.2, -0.15) is 0 Å². The van der Waals surface area contributed by atoms with Crippen LogP contribution in [0.4, 0.5) is 5.69 Å². The van der Waals surface area contributed by atoms with E-state index in [1.807, 2.05) is 0 Å². The summed E-state index contributed by atoms with van der Waals surface area (Å²) in [7, 11) is 0. The van der Waals surface area contributed by atoms with Crippen molar-refractivity contribution in [3.05, 3.63) is 24.3 Å². The largest absolute Gasteiger partial charge is 0.482 e. The third-order valence-corrected chi connectivity index (χ3v) is 5.65. The fourth-order valence-corrected chi connectivity index (χ4v) is 4.03. The molecule has 0 spiro atoms. The highest BCUT2D eigenvalue weighted by atomic mass is 16.5. The van der Waals surface area contributed by atoms with Gasteiger partial charge in [-0.05, 0) is 62.8 Å². The molecule has 0 heterocycles. The Kier molecular flexibility index (Phi) is 6.90. The van der Waals surface area contributed by atoms with Gasteiger partial charge in [0.25, 0.3) is 0 Å². The normalized spacial score (nSPS) is 22.4. The topological polar surface area (TPSA) is 105 Å². The molecule has 2 saturated carbocycles. The maximum absolute atomic E-state index is 12.5. The molecule has 7 nitrogen and oxygen atoms in total. The van der Waals surface area contributed by atoms with Crippen LogP contribution in [0.5, 0.6) is 5.75 Å². The number of nitrogens with one attached hydrogen (secondary N) is 2. The van der Waals surface area contributed by atoms with Crippen molar-refractivity contribution < 1.29 is 24.2 Å². The summed E-state index contributed by atoms with van der Waals surface area (Å²) < 4.78 is 5.08. The molecule has 0 unspecified atom stereocenters. The van der Waals surface area contributed by atoms with Crippen LogP contribution in [0.3, 0.4) is 0 Å². The molecule has 0 atom stereocenters. The van der Waals surface area contributed by atoms with Gasteiger partial charge in [-0.3, -0.25) is 9.59 Å². The predicted octanol–water partition coefficient (Wildman–Crippen LogP) is 2.95. The van der Waals surface area contributed by atoms with Crippen LogP contribution in [-0.2, 0) is 14.4 Å². The van der Waals surface area contributed by atoms with Crippen LogP contribution in [0.1, 0.15) is 51.4 Å². The maximum atomic E-state index is 12.5. The molecule has 0 aromatic heterocycles. The molecule has 2 aliphatic carbocycles. The zero-order valence-corrected chi connectivity index (χ0v) is 16.0. The van der Waals surface area contributed by atoms with Gasteiger partial charge >= 0.3 is 5.97 Å². The Hall–Kier alpha value is -2.57. The van der Waals surface area contributed by atoms with E-state index in [9.17, 15) is 14.4 Å². The van der Waals surface area contributed by atoms with Crippen molar-refractivity contribution in [3.63, 3.8) is 0 Å². The van der Waals surface area contributed by atoms with Crippen LogP contribution in [-0.4, -0.2) is 35.5 Å². The fourth-order valence-electron chi connectivity index (χ4n) is 4.03. The molecular formula is C21H28N2O5. The first-order chi connectivity index (χ1) is 13.5. The minimum atomic E-state index is -1.03. The first-order valence-corrected chi connectivity index (χ1v) is 10.1. The molecule has 2 aliphatic rings. The highest BCUT2D eigenvalue weighted by molar-refractivity contribution is 5.92. The van der Waals surface area contributed by atoms with Crippen LogP contribution in [0.15, 0.2) is 24.3 Å². The number of amides is 2. The van der Waals surface area contributed by atoms with E-state index in [2.05, 4.69) is 10.6 Å². The van der Waals surface area contributed by atoms with Crippen molar-refractivity contribution in [2.24, 2.45) is 11.8 Å². The van der Waals surface area contributed by atoms with E-state index in [0.29, 0.717) is 11.4 Å². The summed E-state index contributed by atoms with van der Waals surface area (Å²) in [5.41, 5.74) is 0.657. The van der Waals surface area contributed by atoms with Crippen molar-refractivity contribution in [2.75, 3.05) is 11.9 Å². The number of hydrogen-bond donors (Lipinski definition) is 3. The number of aliphatic carboxylic acids is 1. The Morgan fingerprint density at radius 2 is 1.50 bits per heavy atom. The molecule has 152 valence electrons. The number of rotatable bonds is 7. The van der Waals surface area contributed by atoms with E-state index in [0.717, 1.165) is 51.4 Å². The molecule has 1 aromatic carbocycles. The molecule has 0 bridgehead atoms. The number of hydrogen-bond acceptors (Lipinski definition) is 4. The molecular weight excluding hydrogens is 360 g/mol. The summed E-state index contributed by atoms with van der Waals surface area (Å²) in [6.45, 7) is -0.397. The summed E-state index contributed by atoms with van der Waals surface area (Å²) in [5, 5.41) is 14.7. The molecule has 3 N–H and O–H groups in total. The van der Waals surface area contributed by atoms with Crippen molar-refractivity contribution in [2.45, 2.75) is 57.4 Å². The highest BCUT2D eigenvalue weighted by Gasteiger charge is 2.29. The van der Waals surface area contributed by atoms with E-state index < -0.39 is 12.6 Å². The smallest absolute Gasteiger partial charge is 0.341 e.